The van der Waals surface area contributed by atoms with E-state index in [9.17, 15) is 19.8 Å². The second-order valence-electron chi connectivity index (χ2n) is 9.41. The van der Waals surface area contributed by atoms with Gasteiger partial charge in [0.2, 0.25) is 0 Å². The van der Waals surface area contributed by atoms with Crippen molar-refractivity contribution >= 4 is 11.9 Å². The van der Waals surface area contributed by atoms with E-state index in [4.69, 9.17) is 4.74 Å². The van der Waals surface area contributed by atoms with Gasteiger partial charge in [0.05, 0.1) is 17.4 Å². The molecule has 6 saturated carbocycles. The van der Waals surface area contributed by atoms with E-state index in [2.05, 4.69) is 6.58 Å². The predicted octanol–water partition coefficient (Wildman–Crippen LogP) is 1.75. The summed E-state index contributed by atoms with van der Waals surface area (Å²) in [6.07, 6.45) is 2.99. The van der Waals surface area contributed by atoms with Gasteiger partial charge in [-0.15, -0.1) is 0 Å². The summed E-state index contributed by atoms with van der Waals surface area (Å²) in [7, 11) is 0. The lowest BCUT2D eigenvalue weighted by Crippen LogP contribution is -2.59. The molecule has 128 valence electrons. The van der Waals surface area contributed by atoms with Crippen molar-refractivity contribution in [2.75, 3.05) is 0 Å². The number of aliphatic hydroxyl groups is 1. The van der Waals surface area contributed by atoms with Gasteiger partial charge in [-0.25, -0.2) is 0 Å². The highest BCUT2D eigenvalue weighted by Crippen LogP contribution is 2.98. The Morgan fingerprint density at radius 1 is 1.33 bits per heavy atom. The quantitative estimate of drug-likeness (QED) is 0.565. The van der Waals surface area contributed by atoms with Crippen molar-refractivity contribution in [3.8, 4) is 0 Å². The lowest BCUT2D eigenvalue weighted by atomic mass is 9.54. The Labute approximate surface area is 140 Å². The summed E-state index contributed by atoms with van der Waals surface area (Å²) in [5.41, 5.74) is -1.34. The summed E-state index contributed by atoms with van der Waals surface area (Å²) in [6, 6.07) is 0. The van der Waals surface area contributed by atoms with E-state index in [1.807, 2.05) is 6.92 Å². The first-order valence-electron chi connectivity index (χ1n) is 9.12. The van der Waals surface area contributed by atoms with Crippen LogP contribution in [0.15, 0.2) is 12.2 Å². The van der Waals surface area contributed by atoms with Crippen LogP contribution in [-0.2, 0) is 14.3 Å². The highest BCUT2D eigenvalue weighted by Gasteiger charge is 3.01. The number of aliphatic hydroxyl groups excluding tert-OH is 1. The van der Waals surface area contributed by atoms with Crippen LogP contribution in [0.5, 0.6) is 0 Å². The Morgan fingerprint density at radius 2 is 2.08 bits per heavy atom. The van der Waals surface area contributed by atoms with Gasteiger partial charge in [-0.3, -0.25) is 9.59 Å². The van der Waals surface area contributed by atoms with Gasteiger partial charge in [-0.1, -0.05) is 12.2 Å². The van der Waals surface area contributed by atoms with Crippen LogP contribution in [-0.4, -0.2) is 33.9 Å². The molecule has 2 spiro atoms. The van der Waals surface area contributed by atoms with Gasteiger partial charge >= 0.3 is 11.9 Å². The summed E-state index contributed by atoms with van der Waals surface area (Å²) in [5.74, 6) is -1.59. The molecule has 0 amide bonds. The molecule has 1 heterocycles. The third-order valence-electron chi connectivity index (χ3n) is 9.28. The number of fused-ring (bicyclic) bond motifs is 1. The molecule has 1 aliphatic heterocycles. The van der Waals surface area contributed by atoms with Crippen molar-refractivity contribution in [3.05, 3.63) is 12.2 Å². The first-order valence-corrected chi connectivity index (χ1v) is 9.12. The van der Waals surface area contributed by atoms with E-state index in [1.165, 1.54) is 0 Å². The number of carboxylic acid groups (broad SMARTS) is 1. The van der Waals surface area contributed by atoms with Crippen LogP contribution in [0.2, 0.25) is 0 Å². The maximum absolute atomic E-state index is 12.8. The molecule has 6 aliphatic carbocycles. The number of esters is 1. The number of carbonyl (C=O) groups excluding carboxylic acids is 1. The van der Waals surface area contributed by atoms with Crippen LogP contribution in [0.1, 0.15) is 39.0 Å². The predicted molar refractivity (Wildman–Crippen MR) is 81.6 cm³/mol. The van der Waals surface area contributed by atoms with Crippen LogP contribution in [0, 0.1) is 39.9 Å². The number of carboxylic acids is 1. The lowest BCUT2D eigenvalue weighted by Gasteiger charge is -2.49. The molecular weight excluding hydrogens is 308 g/mol. The highest BCUT2D eigenvalue weighted by atomic mass is 16.6. The molecule has 1 saturated heterocycles. The van der Waals surface area contributed by atoms with Crippen molar-refractivity contribution in [3.63, 3.8) is 0 Å². The molecule has 0 aromatic carbocycles. The van der Waals surface area contributed by atoms with Crippen molar-refractivity contribution in [2.45, 2.75) is 50.7 Å². The topological polar surface area (TPSA) is 83.8 Å². The third kappa shape index (κ3) is 0.889. The summed E-state index contributed by atoms with van der Waals surface area (Å²) >= 11 is 0. The summed E-state index contributed by atoms with van der Waals surface area (Å²) in [5, 5.41) is 21.2. The Hall–Kier alpha value is -1.36. The Balaban J connectivity index is 1.68. The van der Waals surface area contributed by atoms with Crippen molar-refractivity contribution in [1.82, 2.24) is 0 Å². The first kappa shape index (κ1) is 13.9. The first-order chi connectivity index (χ1) is 11.3. The fraction of sp³-hybridized carbons (Fsp3) is 0.789. The maximum atomic E-state index is 12.8. The Kier molecular flexibility index (Phi) is 1.92. The van der Waals surface area contributed by atoms with E-state index in [-0.39, 0.29) is 22.7 Å². The zero-order valence-electron chi connectivity index (χ0n) is 13.7. The lowest BCUT2D eigenvalue weighted by molar-refractivity contribution is -0.183. The van der Waals surface area contributed by atoms with Crippen molar-refractivity contribution < 1.29 is 24.5 Å². The van der Waals surface area contributed by atoms with Gasteiger partial charge in [0.15, 0.2) is 0 Å². The average molecular weight is 330 g/mol. The smallest absolute Gasteiger partial charge is 0.312 e. The Bertz CT molecular complexity index is 759. The molecule has 0 radical (unpaired) electrons. The number of aliphatic carboxylic acids is 1. The van der Waals surface area contributed by atoms with Crippen LogP contribution in [0.4, 0.5) is 0 Å². The molecule has 7 fully saturated rings. The minimum Gasteiger partial charge on any atom is -0.481 e. The molecule has 0 aromatic rings. The van der Waals surface area contributed by atoms with Crippen LogP contribution in [0.25, 0.3) is 0 Å². The largest absolute Gasteiger partial charge is 0.481 e. The van der Waals surface area contributed by atoms with Gasteiger partial charge < -0.3 is 14.9 Å². The SMILES string of the molecule is C=C1[C@@H]2CC[C@]34[C@H]1[C@@]3(C2)[C@@H](C(=O)O)[C@H]1[C@]42OC(=O)[C@]1(C)CC[C@H]2O. The number of allylic oxidation sites excluding steroid dienone is 1. The van der Waals surface area contributed by atoms with E-state index < -0.39 is 34.9 Å². The summed E-state index contributed by atoms with van der Waals surface area (Å²) in [6.45, 7) is 6.16. The number of hydrogen-bond donors (Lipinski definition) is 2. The minimum absolute atomic E-state index is 0.115. The van der Waals surface area contributed by atoms with Crippen molar-refractivity contribution in [2.24, 2.45) is 39.9 Å². The monoisotopic (exact) mass is 330 g/mol. The molecular formula is C19H22O5. The zero-order valence-corrected chi connectivity index (χ0v) is 13.7. The standard InChI is InChI=1S/C19H22O5/c1-8-9-3-6-18-12(8)17(18,7-9)11(14(21)22)13-16(2)5-4-10(20)19(13,18)24-15(16)23/h9-13,20H,1,3-7H2,2H3,(H,21,22)/t9-,10-,11-,12-,13-,16-,17-,18+,19+/m1/s1. The maximum Gasteiger partial charge on any atom is 0.312 e. The van der Waals surface area contributed by atoms with E-state index >= 15 is 0 Å². The van der Waals surface area contributed by atoms with Crippen LogP contribution < -0.4 is 0 Å². The molecule has 0 aromatic heterocycles. The molecule has 5 nitrogen and oxygen atoms in total. The number of rotatable bonds is 1. The number of ether oxygens (including phenoxy) is 1. The molecule has 7 rings (SSSR count). The molecule has 0 unspecified atom stereocenters. The van der Waals surface area contributed by atoms with E-state index in [0.717, 1.165) is 24.8 Å². The van der Waals surface area contributed by atoms with Crippen LogP contribution in [0.3, 0.4) is 0 Å². The Morgan fingerprint density at radius 3 is 2.79 bits per heavy atom. The van der Waals surface area contributed by atoms with E-state index in [1.54, 1.807) is 0 Å². The fourth-order valence-corrected chi connectivity index (χ4v) is 8.84. The summed E-state index contributed by atoms with van der Waals surface area (Å²) < 4.78 is 6.05. The van der Waals surface area contributed by atoms with Gasteiger partial charge in [0, 0.05) is 16.7 Å². The molecule has 5 heteroatoms. The molecule has 24 heavy (non-hydrogen) atoms. The highest BCUT2D eigenvalue weighted by molar-refractivity contribution is 5.87. The van der Waals surface area contributed by atoms with Crippen molar-refractivity contribution in [1.29, 1.82) is 0 Å². The normalized spacial score (nSPS) is 64.5. The van der Waals surface area contributed by atoms with Gasteiger partial charge in [-0.2, -0.15) is 0 Å². The van der Waals surface area contributed by atoms with Crippen LogP contribution >= 0.6 is 0 Å². The zero-order chi connectivity index (χ0) is 16.9. The number of carbonyl (C=O) groups is 2. The molecule has 6 bridgehead atoms. The molecule has 7 aliphatic rings. The summed E-state index contributed by atoms with van der Waals surface area (Å²) in [4.78, 5) is 25.2. The minimum atomic E-state index is -1.00. The number of hydrogen-bond acceptors (Lipinski definition) is 4. The van der Waals surface area contributed by atoms with Gasteiger partial charge in [0.1, 0.15) is 5.60 Å². The second kappa shape index (κ2) is 3.33. The van der Waals surface area contributed by atoms with Gasteiger partial charge in [0.25, 0.3) is 0 Å². The molecule has 2 N–H and O–H groups in total. The average Bonchev–Trinajstić information content (AvgIpc) is 2.88. The van der Waals surface area contributed by atoms with Gasteiger partial charge in [-0.05, 0) is 50.9 Å². The fourth-order valence-electron chi connectivity index (χ4n) is 8.84. The molecule has 9 atom stereocenters. The second-order valence-corrected chi connectivity index (χ2v) is 9.41. The third-order valence-corrected chi connectivity index (χ3v) is 9.28. The van der Waals surface area contributed by atoms with E-state index in [0.29, 0.717) is 18.8 Å².